The summed E-state index contributed by atoms with van der Waals surface area (Å²) in [5.74, 6) is -0.336. The Morgan fingerprint density at radius 2 is 2.07 bits per heavy atom. The van der Waals surface area contributed by atoms with E-state index in [1.165, 1.54) is 11.9 Å². The molecule has 0 aromatic heterocycles. The van der Waals surface area contributed by atoms with Gasteiger partial charge in [-0.05, 0) is 12.1 Å². The van der Waals surface area contributed by atoms with E-state index in [4.69, 9.17) is 4.74 Å². The van der Waals surface area contributed by atoms with E-state index >= 15 is 0 Å². The fraction of sp³-hybridized carbons (Fsp3) is 0.300. The Labute approximate surface area is 88.3 Å². The number of hydrogen-bond acceptors (Lipinski definition) is 4. The molecule has 80 valence electrons. The van der Waals surface area contributed by atoms with Gasteiger partial charge in [-0.15, -0.1) is 5.11 Å². The van der Waals surface area contributed by atoms with E-state index in [1.807, 2.05) is 30.3 Å². The van der Waals surface area contributed by atoms with Gasteiger partial charge in [0, 0.05) is 14.0 Å². The molecule has 1 aromatic carbocycles. The van der Waals surface area contributed by atoms with Crippen LogP contribution in [0.15, 0.2) is 40.7 Å². The van der Waals surface area contributed by atoms with Crippen LogP contribution < -0.4 is 0 Å². The first-order valence-corrected chi connectivity index (χ1v) is 4.49. The number of hydrogen-bond donors (Lipinski definition) is 0. The Morgan fingerprint density at radius 3 is 2.67 bits per heavy atom. The molecule has 1 aromatic rings. The highest BCUT2D eigenvalue weighted by Gasteiger charge is 1.96. The van der Waals surface area contributed by atoms with E-state index in [0.717, 1.165) is 5.69 Å². The van der Waals surface area contributed by atoms with E-state index in [0.29, 0.717) is 0 Å². The lowest BCUT2D eigenvalue weighted by molar-refractivity contribution is -0.145. The van der Waals surface area contributed by atoms with Crippen molar-refractivity contribution in [1.82, 2.24) is 5.01 Å². The summed E-state index contributed by atoms with van der Waals surface area (Å²) in [5.41, 5.74) is 0.757. The van der Waals surface area contributed by atoms with Gasteiger partial charge in [0.1, 0.15) is 0 Å². The van der Waals surface area contributed by atoms with Crippen LogP contribution in [-0.2, 0) is 9.53 Å². The third-order valence-corrected chi connectivity index (χ3v) is 1.52. The van der Waals surface area contributed by atoms with Crippen LogP contribution in [0.3, 0.4) is 0 Å². The molecule has 0 saturated carbocycles. The molecule has 0 saturated heterocycles. The smallest absolute Gasteiger partial charge is 0.304 e. The van der Waals surface area contributed by atoms with Crippen molar-refractivity contribution in [1.29, 1.82) is 0 Å². The highest BCUT2D eigenvalue weighted by Crippen LogP contribution is 2.10. The molecule has 0 aliphatic carbocycles. The molecule has 0 aliphatic rings. The highest BCUT2D eigenvalue weighted by atomic mass is 16.5. The predicted molar refractivity (Wildman–Crippen MR) is 55.4 cm³/mol. The monoisotopic (exact) mass is 207 g/mol. The van der Waals surface area contributed by atoms with Crippen LogP contribution >= 0.6 is 0 Å². The molecule has 15 heavy (non-hydrogen) atoms. The summed E-state index contributed by atoms with van der Waals surface area (Å²) in [6, 6.07) is 9.33. The number of benzene rings is 1. The topological polar surface area (TPSA) is 54.3 Å². The molecule has 0 atom stereocenters. The SMILES string of the molecule is CC(=O)OCN(C)/N=N/c1ccccc1. The molecule has 5 heteroatoms. The van der Waals surface area contributed by atoms with E-state index in [9.17, 15) is 4.79 Å². The lowest BCUT2D eigenvalue weighted by atomic mass is 10.3. The standard InChI is InChI=1S/C10H13N3O2/c1-9(14)15-8-13(2)12-11-10-6-4-3-5-7-10/h3-7H,8H2,1-2H3/b12-11+. The van der Waals surface area contributed by atoms with Crippen LogP contribution in [0.2, 0.25) is 0 Å². The van der Waals surface area contributed by atoms with Gasteiger partial charge >= 0.3 is 5.97 Å². The fourth-order valence-corrected chi connectivity index (χ4v) is 0.833. The molecule has 1 rings (SSSR count). The number of ether oxygens (including phenoxy) is 1. The highest BCUT2D eigenvalue weighted by molar-refractivity contribution is 5.65. The maximum absolute atomic E-state index is 10.5. The quantitative estimate of drug-likeness (QED) is 0.329. The molecule has 0 fully saturated rings. The van der Waals surface area contributed by atoms with Crippen molar-refractivity contribution in [2.75, 3.05) is 13.8 Å². The lowest BCUT2D eigenvalue weighted by Gasteiger charge is -2.09. The van der Waals surface area contributed by atoms with Crippen LogP contribution in [0.25, 0.3) is 0 Å². The summed E-state index contributed by atoms with van der Waals surface area (Å²) < 4.78 is 4.73. The van der Waals surface area contributed by atoms with Crippen molar-refractivity contribution in [3.05, 3.63) is 30.3 Å². The van der Waals surface area contributed by atoms with Gasteiger partial charge in [-0.2, -0.15) is 0 Å². The summed E-state index contributed by atoms with van der Waals surface area (Å²) in [5, 5.41) is 9.23. The van der Waals surface area contributed by atoms with Crippen LogP contribution in [0, 0.1) is 0 Å². The van der Waals surface area contributed by atoms with Gasteiger partial charge in [0.2, 0.25) is 0 Å². The third kappa shape index (κ3) is 4.75. The van der Waals surface area contributed by atoms with E-state index in [2.05, 4.69) is 10.3 Å². The zero-order chi connectivity index (χ0) is 11.1. The van der Waals surface area contributed by atoms with Crippen molar-refractivity contribution in [2.45, 2.75) is 6.92 Å². The van der Waals surface area contributed by atoms with Crippen LogP contribution in [-0.4, -0.2) is 24.8 Å². The van der Waals surface area contributed by atoms with Gasteiger partial charge in [0.25, 0.3) is 0 Å². The first-order chi connectivity index (χ1) is 7.18. The van der Waals surface area contributed by atoms with E-state index in [1.54, 1.807) is 7.05 Å². The van der Waals surface area contributed by atoms with E-state index < -0.39 is 0 Å². The zero-order valence-corrected chi connectivity index (χ0v) is 8.75. The maximum atomic E-state index is 10.5. The number of carbonyl (C=O) groups is 1. The van der Waals surface area contributed by atoms with Crippen LogP contribution in [0.4, 0.5) is 5.69 Å². The van der Waals surface area contributed by atoms with Gasteiger partial charge in [0.15, 0.2) is 6.73 Å². The first-order valence-electron chi connectivity index (χ1n) is 4.49. The third-order valence-electron chi connectivity index (χ3n) is 1.52. The molecule has 0 N–H and O–H groups in total. The summed E-state index contributed by atoms with van der Waals surface area (Å²) in [7, 11) is 1.68. The molecular formula is C10H13N3O2. The van der Waals surface area contributed by atoms with Crippen LogP contribution in [0.1, 0.15) is 6.92 Å². The Morgan fingerprint density at radius 1 is 1.40 bits per heavy atom. The van der Waals surface area contributed by atoms with Gasteiger partial charge in [-0.25, -0.2) is 5.01 Å². The second-order valence-corrected chi connectivity index (χ2v) is 2.95. The normalized spacial score (nSPS) is 10.3. The van der Waals surface area contributed by atoms with Crippen molar-refractivity contribution in [3.8, 4) is 0 Å². The number of carbonyl (C=O) groups excluding carboxylic acids is 1. The van der Waals surface area contributed by atoms with Crippen molar-refractivity contribution >= 4 is 11.7 Å². The molecule has 0 unspecified atom stereocenters. The second-order valence-electron chi connectivity index (χ2n) is 2.95. The molecule has 0 aliphatic heterocycles. The minimum atomic E-state index is -0.336. The Kier molecular flexibility index (Phi) is 4.28. The second kappa shape index (κ2) is 5.74. The summed E-state index contributed by atoms with van der Waals surface area (Å²) >= 11 is 0. The summed E-state index contributed by atoms with van der Waals surface area (Å²) in [6.07, 6.45) is 0. The lowest BCUT2D eigenvalue weighted by Crippen LogP contribution is -2.16. The van der Waals surface area contributed by atoms with Gasteiger partial charge in [-0.1, -0.05) is 23.4 Å². The molecule has 0 amide bonds. The Bertz CT molecular complexity index is 338. The van der Waals surface area contributed by atoms with Crippen molar-refractivity contribution in [2.24, 2.45) is 10.3 Å². The van der Waals surface area contributed by atoms with Gasteiger partial charge < -0.3 is 4.74 Å². The molecule has 5 nitrogen and oxygen atoms in total. The fourth-order valence-electron chi connectivity index (χ4n) is 0.833. The molecule has 0 heterocycles. The van der Waals surface area contributed by atoms with E-state index in [-0.39, 0.29) is 12.7 Å². The minimum absolute atomic E-state index is 0.103. The average molecular weight is 207 g/mol. The van der Waals surface area contributed by atoms with Gasteiger partial charge in [-0.3, -0.25) is 4.79 Å². The summed E-state index contributed by atoms with van der Waals surface area (Å²) in [6.45, 7) is 1.45. The van der Waals surface area contributed by atoms with Crippen molar-refractivity contribution in [3.63, 3.8) is 0 Å². The average Bonchev–Trinajstić information content (AvgIpc) is 2.25. The number of rotatable bonds is 4. The molecule has 0 spiro atoms. The van der Waals surface area contributed by atoms with Crippen molar-refractivity contribution < 1.29 is 9.53 Å². The number of nitrogens with zero attached hydrogens (tertiary/aromatic N) is 3. The molecular weight excluding hydrogens is 194 g/mol. The zero-order valence-electron chi connectivity index (χ0n) is 8.75. The minimum Gasteiger partial charge on any atom is -0.443 e. The number of esters is 1. The predicted octanol–water partition coefficient (Wildman–Crippen LogP) is 2.14. The molecule has 0 radical (unpaired) electrons. The van der Waals surface area contributed by atoms with Crippen LogP contribution in [0.5, 0.6) is 0 Å². The maximum Gasteiger partial charge on any atom is 0.304 e. The van der Waals surface area contributed by atoms with Gasteiger partial charge in [0.05, 0.1) is 5.69 Å². The molecule has 0 bridgehead atoms. The Hall–Kier alpha value is -1.91. The largest absolute Gasteiger partial charge is 0.443 e. The summed E-state index contributed by atoms with van der Waals surface area (Å²) in [4.78, 5) is 10.5. The Balaban J connectivity index is 2.41. The first kappa shape index (κ1) is 11.2.